The summed E-state index contributed by atoms with van der Waals surface area (Å²) in [5, 5.41) is 11.9. The van der Waals surface area contributed by atoms with Crippen molar-refractivity contribution in [3.63, 3.8) is 0 Å². The maximum absolute atomic E-state index is 12.3. The lowest BCUT2D eigenvalue weighted by Crippen LogP contribution is -2.15. The summed E-state index contributed by atoms with van der Waals surface area (Å²) in [5.74, 6) is 2.15. The maximum atomic E-state index is 12.3. The minimum Gasteiger partial charge on any atom is -0.495 e. The first-order valence-corrected chi connectivity index (χ1v) is 10.9. The second-order valence-corrected chi connectivity index (χ2v) is 9.00. The SMILES string of the molecule is COc1ccccc1NC(=O)CSc1nnc(COc2ccc(C(C)(C)C)cc2)n1C. The molecule has 1 aromatic heterocycles. The number of amides is 1. The molecule has 3 rings (SSSR count). The molecular formula is C23H28N4O3S. The van der Waals surface area contributed by atoms with Crippen LogP contribution in [0.1, 0.15) is 32.2 Å². The van der Waals surface area contributed by atoms with Gasteiger partial charge in [-0.1, -0.05) is 56.8 Å². The Morgan fingerprint density at radius 1 is 1.10 bits per heavy atom. The molecule has 8 heteroatoms. The van der Waals surface area contributed by atoms with Gasteiger partial charge in [-0.15, -0.1) is 10.2 Å². The molecule has 0 aliphatic carbocycles. The molecule has 164 valence electrons. The van der Waals surface area contributed by atoms with Crippen molar-refractivity contribution in [3.05, 3.63) is 59.9 Å². The van der Waals surface area contributed by atoms with E-state index in [1.807, 2.05) is 35.9 Å². The molecule has 1 N–H and O–H groups in total. The van der Waals surface area contributed by atoms with Gasteiger partial charge in [-0.2, -0.15) is 0 Å². The normalized spacial score (nSPS) is 11.3. The Hall–Kier alpha value is -3.00. The maximum Gasteiger partial charge on any atom is 0.234 e. The van der Waals surface area contributed by atoms with Crippen molar-refractivity contribution in [2.45, 2.75) is 37.9 Å². The number of ether oxygens (including phenoxy) is 2. The Morgan fingerprint density at radius 3 is 2.48 bits per heavy atom. The number of para-hydroxylation sites is 2. The van der Waals surface area contributed by atoms with Gasteiger partial charge in [0.15, 0.2) is 11.0 Å². The van der Waals surface area contributed by atoms with Crippen LogP contribution in [0.4, 0.5) is 5.69 Å². The number of nitrogens with zero attached hydrogens (tertiary/aromatic N) is 3. The highest BCUT2D eigenvalue weighted by atomic mass is 32.2. The van der Waals surface area contributed by atoms with Gasteiger partial charge >= 0.3 is 0 Å². The fraction of sp³-hybridized carbons (Fsp3) is 0.348. The summed E-state index contributed by atoms with van der Waals surface area (Å²) in [6.07, 6.45) is 0. The number of aromatic nitrogens is 3. The number of anilines is 1. The van der Waals surface area contributed by atoms with Crippen LogP contribution < -0.4 is 14.8 Å². The highest BCUT2D eigenvalue weighted by Gasteiger charge is 2.15. The van der Waals surface area contributed by atoms with Crippen LogP contribution in [-0.4, -0.2) is 33.5 Å². The van der Waals surface area contributed by atoms with Crippen LogP contribution in [0, 0.1) is 0 Å². The third-order valence-electron chi connectivity index (χ3n) is 4.73. The van der Waals surface area contributed by atoms with Gasteiger partial charge in [-0.05, 0) is 35.2 Å². The van der Waals surface area contributed by atoms with Crippen molar-refractivity contribution in [1.82, 2.24) is 14.8 Å². The highest BCUT2D eigenvalue weighted by molar-refractivity contribution is 7.99. The second-order valence-electron chi connectivity index (χ2n) is 8.06. The number of benzene rings is 2. The zero-order valence-electron chi connectivity index (χ0n) is 18.5. The quantitative estimate of drug-likeness (QED) is 0.522. The van der Waals surface area contributed by atoms with E-state index in [1.54, 1.807) is 19.2 Å². The van der Waals surface area contributed by atoms with Crippen LogP contribution in [0.25, 0.3) is 0 Å². The van der Waals surface area contributed by atoms with Crippen LogP contribution in [0.2, 0.25) is 0 Å². The van der Waals surface area contributed by atoms with Crippen LogP contribution in [0.15, 0.2) is 53.7 Å². The lowest BCUT2D eigenvalue weighted by atomic mass is 9.87. The molecule has 1 amide bonds. The predicted molar refractivity (Wildman–Crippen MR) is 123 cm³/mol. The molecule has 0 unspecified atom stereocenters. The van der Waals surface area contributed by atoms with Gasteiger partial charge in [0, 0.05) is 7.05 Å². The molecule has 31 heavy (non-hydrogen) atoms. The minimum atomic E-state index is -0.144. The van der Waals surface area contributed by atoms with Crippen LogP contribution in [0.5, 0.6) is 11.5 Å². The summed E-state index contributed by atoms with van der Waals surface area (Å²) in [6, 6.07) is 15.4. The van der Waals surface area contributed by atoms with E-state index in [2.05, 4.69) is 48.4 Å². The van der Waals surface area contributed by atoms with Gasteiger partial charge < -0.3 is 19.4 Å². The molecule has 0 atom stereocenters. The molecule has 0 saturated carbocycles. The van der Waals surface area contributed by atoms with Crippen molar-refractivity contribution >= 4 is 23.4 Å². The first-order valence-electron chi connectivity index (χ1n) is 9.95. The fourth-order valence-electron chi connectivity index (χ4n) is 2.86. The second kappa shape index (κ2) is 9.87. The zero-order valence-corrected chi connectivity index (χ0v) is 19.3. The Bertz CT molecular complexity index is 1030. The molecule has 0 spiro atoms. The molecule has 0 aliphatic rings. The molecule has 0 bridgehead atoms. The molecule has 7 nitrogen and oxygen atoms in total. The highest BCUT2D eigenvalue weighted by Crippen LogP contribution is 2.25. The number of carbonyl (C=O) groups excluding carboxylic acids is 1. The number of hydrogen-bond acceptors (Lipinski definition) is 6. The van der Waals surface area contributed by atoms with Crippen molar-refractivity contribution in [1.29, 1.82) is 0 Å². The van der Waals surface area contributed by atoms with Gasteiger partial charge in [0.1, 0.15) is 18.1 Å². The third-order valence-corrected chi connectivity index (χ3v) is 5.75. The average molecular weight is 441 g/mol. The van der Waals surface area contributed by atoms with E-state index in [4.69, 9.17) is 9.47 Å². The summed E-state index contributed by atoms with van der Waals surface area (Å²) in [4.78, 5) is 12.3. The smallest absolute Gasteiger partial charge is 0.234 e. The number of methoxy groups -OCH3 is 1. The van der Waals surface area contributed by atoms with Crippen molar-refractivity contribution < 1.29 is 14.3 Å². The first kappa shape index (κ1) is 22.7. The zero-order chi connectivity index (χ0) is 22.4. The van der Waals surface area contributed by atoms with E-state index in [1.165, 1.54) is 17.3 Å². The van der Waals surface area contributed by atoms with Gasteiger partial charge in [0.2, 0.25) is 5.91 Å². The number of rotatable bonds is 8. The monoisotopic (exact) mass is 440 g/mol. The molecule has 0 aliphatic heterocycles. The summed E-state index contributed by atoms with van der Waals surface area (Å²) in [6.45, 7) is 6.83. The Morgan fingerprint density at radius 2 is 1.81 bits per heavy atom. The molecular weight excluding hydrogens is 412 g/mol. The summed E-state index contributed by atoms with van der Waals surface area (Å²) in [5.41, 5.74) is 2.00. The van der Waals surface area contributed by atoms with Gasteiger partial charge in [-0.25, -0.2) is 0 Å². The van der Waals surface area contributed by atoms with Gasteiger partial charge in [0.05, 0.1) is 18.6 Å². The lowest BCUT2D eigenvalue weighted by Gasteiger charge is -2.19. The predicted octanol–water partition coefficient (Wildman–Crippen LogP) is 4.43. The number of nitrogens with one attached hydrogen (secondary N) is 1. The van der Waals surface area contributed by atoms with E-state index in [9.17, 15) is 4.79 Å². The van der Waals surface area contributed by atoms with E-state index in [0.29, 0.717) is 29.0 Å². The van der Waals surface area contributed by atoms with Gasteiger partial charge in [0.25, 0.3) is 0 Å². The first-order chi connectivity index (χ1) is 14.8. The van der Waals surface area contributed by atoms with E-state index >= 15 is 0 Å². The molecule has 1 heterocycles. The van der Waals surface area contributed by atoms with Crippen molar-refractivity contribution in [2.24, 2.45) is 7.05 Å². The van der Waals surface area contributed by atoms with Crippen molar-refractivity contribution in [2.75, 3.05) is 18.2 Å². The fourth-order valence-corrected chi connectivity index (χ4v) is 3.59. The standard InChI is InChI=1S/C23H28N4O3S/c1-23(2,3)16-10-12-17(13-11-16)30-14-20-25-26-22(27(20)4)31-15-21(28)24-18-8-6-7-9-19(18)29-5/h6-13H,14-15H2,1-5H3,(H,24,28). The molecule has 0 saturated heterocycles. The van der Waals surface area contributed by atoms with E-state index < -0.39 is 0 Å². The van der Waals surface area contributed by atoms with E-state index in [0.717, 1.165) is 5.75 Å². The average Bonchev–Trinajstić information content (AvgIpc) is 3.10. The molecule has 2 aromatic carbocycles. The summed E-state index contributed by atoms with van der Waals surface area (Å²) < 4.78 is 13.0. The van der Waals surface area contributed by atoms with Crippen molar-refractivity contribution in [3.8, 4) is 11.5 Å². The van der Waals surface area contributed by atoms with E-state index in [-0.39, 0.29) is 17.1 Å². The Labute approximate surface area is 187 Å². The Balaban J connectivity index is 1.53. The van der Waals surface area contributed by atoms with Gasteiger partial charge in [-0.3, -0.25) is 4.79 Å². The summed E-state index contributed by atoms with van der Waals surface area (Å²) >= 11 is 1.32. The number of thioether (sulfide) groups is 1. The molecule has 0 radical (unpaired) electrons. The number of hydrogen-bond donors (Lipinski definition) is 1. The topological polar surface area (TPSA) is 78.3 Å². The minimum absolute atomic E-state index is 0.103. The Kier molecular flexibility index (Phi) is 7.22. The molecule has 0 fully saturated rings. The van der Waals surface area contributed by atoms with Crippen LogP contribution in [0.3, 0.4) is 0 Å². The van der Waals surface area contributed by atoms with Crippen LogP contribution in [-0.2, 0) is 23.9 Å². The van der Waals surface area contributed by atoms with Crippen LogP contribution >= 0.6 is 11.8 Å². The third kappa shape index (κ3) is 6.01. The summed E-state index contributed by atoms with van der Waals surface area (Å²) in [7, 11) is 3.43. The number of carbonyl (C=O) groups is 1. The lowest BCUT2D eigenvalue weighted by molar-refractivity contribution is -0.113. The largest absolute Gasteiger partial charge is 0.495 e. The molecule has 3 aromatic rings.